The van der Waals surface area contributed by atoms with Crippen LogP contribution in [0, 0.1) is 10.1 Å². The molecule has 1 unspecified atom stereocenters. The van der Waals surface area contributed by atoms with E-state index >= 15 is 0 Å². The molecule has 1 saturated carbocycles. The summed E-state index contributed by atoms with van der Waals surface area (Å²) >= 11 is 5.92. The number of nitro benzene ring substituents is 1. The van der Waals surface area contributed by atoms with E-state index in [1.165, 1.54) is 17.0 Å². The Balaban J connectivity index is 1.67. The summed E-state index contributed by atoms with van der Waals surface area (Å²) in [4.78, 5) is 53.3. The quantitative estimate of drug-likeness (QED) is 0.323. The summed E-state index contributed by atoms with van der Waals surface area (Å²) in [5.74, 6) is -1.02. The summed E-state index contributed by atoms with van der Waals surface area (Å²) < 4.78 is 0. The first-order valence-corrected chi connectivity index (χ1v) is 11.8. The molecule has 4 rings (SSSR count). The van der Waals surface area contributed by atoms with Gasteiger partial charge in [0.05, 0.1) is 17.0 Å². The molecule has 9 heteroatoms. The summed E-state index contributed by atoms with van der Waals surface area (Å²) in [5.41, 5.74) is 1.26. The van der Waals surface area contributed by atoms with Gasteiger partial charge in [0.15, 0.2) is 0 Å². The minimum atomic E-state index is -0.956. The fourth-order valence-electron chi connectivity index (χ4n) is 4.79. The average Bonchev–Trinajstić information content (AvgIpc) is 3.42. The fraction of sp³-hybridized carbons (Fsp3) is 0.400. The lowest BCUT2D eigenvalue weighted by atomic mass is 10.0. The van der Waals surface area contributed by atoms with Gasteiger partial charge in [0.1, 0.15) is 11.1 Å². The normalized spacial score (nSPS) is 18.7. The van der Waals surface area contributed by atoms with Crippen LogP contribution in [0.1, 0.15) is 67.8 Å². The van der Waals surface area contributed by atoms with Gasteiger partial charge in [0.2, 0.25) is 5.91 Å². The number of nitrogens with zero attached hydrogens (tertiary/aromatic N) is 3. The predicted octanol–water partition coefficient (Wildman–Crippen LogP) is 5.09. The van der Waals surface area contributed by atoms with Gasteiger partial charge in [-0.1, -0.05) is 50.4 Å². The maximum Gasteiger partial charge on any atom is 0.288 e. The van der Waals surface area contributed by atoms with Crippen molar-refractivity contribution in [3.63, 3.8) is 0 Å². The van der Waals surface area contributed by atoms with Crippen molar-refractivity contribution >= 4 is 40.7 Å². The highest BCUT2D eigenvalue weighted by Gasteiger charge is 2.47. The van der Waals surface area contributed by atoms with Crippen LogP contribution in [0.5, 0.6) is 0 Å². The van der Waals surface area contributed by atoms with Crippen LogP contribution in [0.25, 0.3) is 0 Å². The number of carbonyl (C=O) groups excluding carboxylic acids is 3. The number of imide groups is 1. The molecule has 1 saturated heterocycles. The maximum atomic E-state index is 13.6. The first-order chi connectivity index (χ1) is 16.2. The Morgan fingerprint density at radius 1 is 1.12 bits per heavy atom. The van der Waals surface area contributed by atoms with Gasteiger partial charge in [0.25, 0.3) is 17.5 Å². The minimum Gasteiger partial charge on any atom is -0.323 e. The summed E-state index contributed by atoms with van der Waals surface area (Å²) in [6.07, 6.45) is 3.11. The van der Waals surface area contributed by atoms with Crippen LogP contribution in [0.15, 0.2) is 42.5 Å². The Bertz CT molecular complexity index is 1140. The van der Waals surface area contributed by atoms with Crippen LogP contribution in [0.3, 0.4) is 0 Å². The van der Waals surface area contributed by atoms with Crippen molar-refractivity contribution in [2.75, 3.05) is 4.90 Å². The molecule has 3 amide bonds. The molecule has 1 aliphatic heterocycles. The van der Waals surface area contributed by atoms with Crippen LogP contribution in [0.2, 0.25) is 5.02 Å². The third-order valence-corrected chi connectivity index (χ3v) is 6.94. The Morgan fingerprint density at radius 2 is 1.76 bits per heavy atom. The van der Waals surface area contributed by atoms with E-state index in [1.807, 2.05) is 12.1 Å². The second-order valence-corrected chi connectivity index (χ2v) is 9.51. The molecule has 2 aliphatic rings. The first-order valence-electron chi connectivity index (χ1n) is 11.4. The summed E-state index contributed by atoms with van der Waals surface area (Å²) in [6, 6.07) is 9.97. The van der Waals surface area contributed by atoms with Gasteiger partial charge >= 0.3 is 0 Å². The summed E-state index contributed by atoms with van der Waals surface area (Å²) in [5, 5.41) is 11.3. The molecule has 1 atom stereocenters. The highest BCUT2D eigenvalue weighted by Crippen LogP contribution is 2.34. The van der Waals surface area contributed by atoms with Gasteiger partial charge in [-0.3, -0.25) is 24.5 Å². The van der Waals surface area contributed by atoms with E-state index in [1.54, 1.807) is 12.1 Å². The SMILES string of the molecule is CC(C)c1ccc(N2C(=O)CC(N(C(=O)c3ccc(Cl)c([N+](=O)[O-])c3)C3CCCC3)C2=O)cc1. The molecule has 0 bridgehead atoms. The Labute approximate surface area is 202 Å². The third kappa shape index (κ3) is 4.42. The second kappa shape index (κ2) is 9.54. The van der Waals surface area contributed by atoms with Crippen molar-refractivity contribution in [1.29, 1.82) is 0 Å². The zero-order valence-electron chi connectivity index (χ0n) is 19.1. The molecule has 34 heavy (non-hydrogen) atoms. The van der Waals surface area contributed by atoms with E-state index in [0.717, 1.165) is 29.4 Å². The van der Waals surface area contributed by atoms with Crippen LogP contribution < -0.4 is 4.90 Å². The van der Waals surface area contributed by atoms with Gasteiger partial charge < -0.3 is 4.90 Å². The van der Waals surface area contributed by atoms with Crippen molar-refractivity contribution in [3.8, 4) is 0 Å². The Kier molecular flexibility index (Phi) is 6.70. The predicted molar refractivity (Wildman–Crippen MR) is 128 cm³/mol. The van der Waals surface area contributed by atoms with E-state index in [2.05, 4.69) is 13.8 Å². The van der Waals surface area contributed by atoms with Crippen LogP contribution in [0.4, 0.5) is 11.4 Å². The number of hydrogen-bond donors (Lipinski definition) is 0. The number of amides is 3. The molecule has 0 aromatic heterocycles. The lowest BCUT2D eigenvalue weighted by Gasteiger charge is -2.33. The summed E-state index contributed by atoms with van der Waals surface area (Å²) in [7, 11) is 0. The molecule has 1 heterocycles. The Morgan fingerprint density at radius 3 is 2.35 bits per heavy atom. The number of hydrogen-bond acceptors (Lipinski definition) is 5. The molecule has 0 radical (unpaired) electrons. The molecule has 2 fully saturated rings. The minimum absolute atomic E-state index is 0.0721. The highest BCUT2D eigenvalue weighted by molar-refractivity contribution is 6.32. The molecule has 2 aromatic rings. The molecule has 0 N–H and O–H groups in total. The molecule has 0 spiro atoms. The molecule has 2 aromatic carbocycles. The fourth-order valence-corrected chi connectivity index (χ4v) is 4.98. The first kappa shape index (κ1) is 23.9. The monoisotopic (exact) mass is 483 g/mol. The molecule has 178 valence electrons. The number of carbonyl (C=O) groups is 3. The topological polar surface area (TPSA) is 101 Å². The van der Waals surface area contributed by atoms with E-state index in [-0.39, 0.29) is 34.6 Å². The largest absolute Gasteiger partial charge is 0.323 e. The number of halogens is 1. The Hall–Kier alpha value is -3.26. The molecular formula is C25H26ClN3O5. The van der Waals surface area contributed by atoms with E-state index in [0.29, 0.717) is 24.4 Å². The summed E-state index contributed by atoms with van der Waals surface area (Å²) in [6.45, 7) is 4.12. The third-order valence-electron chi connectivity index (χ3n) is 6.62. The molecule has 8 nitrogen and oxygen atoms in total. The molecular weight excluding hydrogens is 458 g/mol. The van der Waals surface area contributed by atoms with Crippen LogP contribution in [-0.2, 0) is 9.59 Å². The highest BCUT2D eigenvalue weighted by atomic mass is 35.5. The average molecular weight is 484 g/mol. The van der Waals surface area contributed by atoms with E-state index in [4.69, 9.17) is 11.6 Å². The maximum absolute atomic E-state index is 13.6. The standard InChI is InChI=1S/C25H26ClN3O5/c1-15(2)16-7-10-19(11-8-16)28-23(30)14-22(25(28)32)27(18-5-3-4-6-18)24(31)17-9-12-20(26)21(13-17)29(33)34/h7-13,15,18,22H,3-6,14H2,1-2H3. The van der Waals surface area contributed by atoms with Crippen molar-refractivity contribution in [3.05, 3.63) is 68.7 Å². The zero-order chi connectivity index (χ0) is 24.6. The van der Waals surface area contributed by atoms with Crippen LogP contribution >= 0.6 is 11.6 Å². The van der Waals surface area contributed by atoms with Gasteiger partial charge in [-0.25, -0.2) is 4.90 Å². The smallest absolute Gasteiger partial charge is 0.288 e. The number of rotatable bonds is 6. The lowest BCUT2D eigenvalue weighted by Crippen LogP contribution is -2.50. The van der Waals surface area contributed by atoms with Crippen molar-refractivity contribution in [2.24, 2.45) is 0 Å². The second-order valence-electron chi connectivity index (χ2n) is 9.11. The van der Waals surface area contributed by atoms with Gasteiger partial charge in [0, 0.05) is 17.7 Å². The van der Waals surface area contributed by atoms with Gasteiger partial charge in [-0.15, -0.1) is 0 Å². The van der Waals surface area contributed by atoms with Crippen molar-refractivity contribution in [1.82, 2.24) is 4.90 Å². The molecule has 1 aliphatic carbocycles. The van der Waals surface area contributed by atoms with Gasteiger partial charge in [-0.05, 0) is 48.6 Å². The number of benzene rings is 2. The van der Waals surface area contributed by atoms with Gasteiger partial charge in [-0.2, -0.15) is 0 Å². The van der Waals surface area contributed by atoms with E-state index in [9.17, 15) is 24.5 Å². The van der Waals surface area contributed by atoms with Crippen LogP contribution in [-0.4, -0.2) is 39.6 Å². The van der Waals surface area contributed by atoms with Crippen molar-refractivity contribution in [2.45, 2.75) is 64.0 Å². The van der Waals surface area contributed by atoms with Crippen molar-refractivity contribution < 1.29 is 19.3 Å². The van der Waals surface area contributed by atoms with E-state index < -0.39 is 22.8 Å². The lowest BCUT2D eigenvalue weighted by molar-refractivity contribution is -0.384. The number of anilines is 1. The number of nitro groups is 1. The zero-order valence-corrected chi connectivity index (χ0v) is 19.8.